The number of hydrogen-bond acceptors (Lipinski definition) is 8. The summed E-state index contributed by atoms with van der Waals surface area (Å²) in [7, 11) is 5.20. The molecule has 9 nitrogen and oxygen atoms in total. The number of rotatable bonds is 8. The number of carbonyl (C=O) groups is 1. The largest absolute Gasteiger partial charge is 0.497 e. The van der Waals surface area contributed by atoms with Crippen LogP contribution in [0.2, 0.25) is 0 Å². The number of nitriles is 1. The highest BCUT2D eigenvalue weighted by molar-refractivity contribution is 8.00. The number of aromatic nitrogens is 3. The van der Waals surface area contributed by atoms with Gasteiger partial charge >= 0.3 is 5.88 Å². The second-order valence-corrected chi connectivity index (χ2v) is 9.08. The lowest BCUT2D eigenvalue weighted by Crippen LogP contribution is -2.53. The molecule has 36 heavy (non-hydrogen) atoms. The number of methoxy groups -OCH3 is 1. The maximum absolute atomic E-state index is 12.6. The molecule has 4 aromatic rings. The number of thioether (sulfide) groups is 1. The SMILES string of the molecule is COc1ccc(-c2cc(-c3ccc(C)cc3)c(C#N)c(SCC(=O)Nc3c[n+](N(C)C)no3)n2)cc1. The molecule has 10 heteroatoms. The molecule has 0 saturated carbocycles. The van der Waals surface area contributed by atoms with E-state index in [1.54, 1.807) is 32.4 Å². The van der Waals surface area contributed by atoms with E-state index in [-0.39, 0.29) is 17.5 Å². The Labute approximate surface area is 213 Å². The van der Waals surface area contributed by atoms with Crippen LogP contribution in [0.4, 0.5) is 5.88 Å². The Morgan fingerprint density at radius 3 is 2.47 bits per heavy atom. The number of pyridine rings is 1. The van der Waals surface area contributed by atoms with Crippen LogP contribution in [0.15, 0.2) is 70.3 Å². The standard InChI is InChI=1S/C26H24N6O3S/c1-17-5-7-18(8-6-17)21-13-23(19-9-11-20(34-4)12-10-19)28-26(22(21)14-27)36-16-24(33)29-25-15-32(30-35-25)31(2)3/h5-13,15H,16H2,1-4H3/p+1. The number of ether oxygens (including phenoxy) is 1. The first kappa shape index (κ1) is 24.8. The van der Waals surface area contributed by atoms with Gasteiger partial charge in [0.1, 0.15) is 16.8 Å². The van der Waals surface area contributed by atoms with Crippen LogP contribution in [0.1, 0.15) is 11.1 Å². The van der Waals surface area contributed by atoms with Crippen LogP contribution in [-0.2, 0) is 4.79 Å². The summed E-state index contributed by atoms with van der Waals surface area (Å²) in [6.07, 6.45) is 1.56. The monoisotopic (exact) mass is 501 g/mol. The van der Waals surface area contributed by atoms with Gasteiger partial charge in [-0.3, -0.25) is 14.6 Å². The van der Waals surface area contributed by atoms with Crippen molar-refractivity contribution in [3.63, 3.8) is 0 Å². The molecule has 0 saturated heterocycles. The molecule has 2 aromatic heterocycles. The molecule has 0 aliphatic heterocycles. The molecule has 0 fully saturated rings. The van der Waals surface area contributed by atoms with Gasteiger partial charge in [0.25, 0.3) is 6.20 Å². The number of nitrogens with one attached hydrogen (secondary N) is 1. The first-order valence-electron chi connectivity index (χ1n) is 11.0. The number of aryl methyl sites for hydroxylation is 1. The minimum absolute atomic E-state index is 0.0315. The molecule has 2 heterocycles. The Hall–Kier alpha value is -4.36. The van der Waals surface area contributed by atoms with Crippen LogP contribution in [-0.4, -0.2) is 43.1 Å². The molecule has 0 bridgehead atoms. The van der Waals surface area contributed by atoms with Crippen LogP contribution >= 0.6 is 11.8 Å². The van der Waals surface area contributed by atoms with Gasteiger partial charge in [0.15, 0.2) is 0 Å². The average molecular weight is 502 g/mol. The van der Waals surface area contributed by atoms with Gasteiger partial charge in [-0.25, -0.2) is 4.98 Å². The third-order valence-corrected chi connectivity index (χ3v) is 6.29. The van der Waals surface area contributed by atoms with E-state index in [1.807, 2.05) is 61.5 Å². The molecule has 4 rings (SSSR count). The van der Waals surface area contributed by atoms with E-state index < -0.39 is 0 Å². The van der Waals surface area contributed by atoms with E-state index in [0.717, 1.165) is 28.0 Å². The quantitative estimate of drug-likeness (QED) is 0.287. The molecule has 0 spiro atoms. The second-order valence-electron chi connectivity index (χ2n) is 8.11. The number of hydrogen-bond donors (Lipinski definition) is 1. The van der Waals surface area contributed by atoms with Crippen molar-refractivity contribution in [3.05, 3.63) is 71.9 Å². The zero-order valence-corrected chi connectivity index (χ0v) is 21.2. The van der Waals surface area contributed by atoms with E-state index in [9.17, 15) is 10.1 Å². The fraction of sp³-hybridized carbons (Fsp3) is 0.192. The van der Waals surface area contributed by atoms with Crippen molar-refractivity contribution in [2.45, 2.75) is 11.9 Å². The molecular formula is C26H25N6O3S+. The van der Waals surface area contributed by atoms with E-state index >= 15 is 0 Å². The first-order valence-corrected chi connectivity index (χ1v) is 12.0. The van der Waals surface area contributed by atoms with Crippen molar-refractivity contribution < 1.29 is 18.8 Å². The fourth-order valence-electron chi connectivity index (χ4n) is 3.39. The predicted molar refractivity (Wildman–Crippen MR) is 137 cm³/mol. The van der Waals surface area contributed by atoms with Gasteiger partial charge in [0, 0.05) is 11.1 Å². The first-order chi connectivity index (χ1) is 17.4. The minimum Gasteiger partial charge on any atom is -0.497 e. The van der Waals surface area contributed by atoms with Gasteiger partial charge in [-0.2, -0.15) is 10.3 Å². The van der Waals surface area contributed by atoms with Crippen molar-refractivity contribution in [1.29, 1.82) is 5.26 Å². The van der Waals surface area contributed by atoms with Crippen LogP contribution in [0.3, 0.4) is 0 Å². The molecule has 0 aliphatic rings. The Balaban J connectivity index is 1.66. The summed E-state index contributed by atoms with van der Waals surface area (Å²) in [4.78, 5) is 18.8. The summed E-state index contributed by atoms with van der Waals surface area (Å²) in [6, 6.07) is 19.7. The summed E-state index contributed by atoms with van der Waals surface area (Å²) >= 11 is 1.19. The Kier molecular flexibility index (Phi) is 7.51. The van der Waals surface area contributed by atoms with Gasteiger partial charge in [-0.1, -0.05) is 41.6 Å². The molecule has 0 radical (unpaired) electrons. The molecule has 0 atom stereocenters. The highest BCUT2D eigenvalue weighted by atomic mass is 32.2. The van der Waals surface area contributed by atoms with Crippen LogP contribution < -0.4 is 19.9 Å². The Morgan fingerprint density at radius 2 is 1.86 bits per heavy atom. The number of anilines is 1. The number of amides is 1. The third kappa shape index (κ3) is 5.64. The summed E-state index contributed by atoms with van der Waals surface area (Å²) in [5.74, 6) is 0.680. The van der Waals surface area contributed by atoms with Crippen LogP contribution in [0.5, 0.6) is 5.75 Å². The van der Waals surface area contributed by atoms with Crippen molar-refractivity contribution >= 4 is 23.6 Å². The van der Waals surface area contributed by atoms with Crippen LogP contribution in [0, 0.1) is 18.3 Å². The van der Waals surface area contributed by atoms with E-state index in [2.05, 4.69) is 16.7 Å². The molecular weight excluding hydrogens is 476 g/mol. The minimum atomic E-state index is -0.306. The highest BCUT2D eigenvalue weighted by Gasteiger charge is 2.19. The molecule has 0 aliphatic carbocycles. The highest BCUT2D eigenvalue weighted by Crippen LogP contribution is 2.34. The van der Waals surface area contributed by atoms with E-state index in [0.29, 0.717) is 16.3 Å². The van der Waals surface area contributed by atoms with Crippen molar-refractivity contribution in [2.75, 3.05) is 37.3 Å². The second kappa shape index (κ2) is 10.9. The number of benzene rings is 2. The Morgan fingerprint density at radius 1 is 1.17 bits per heavy atom. The molecule has 1 N–H and O–H groups in total. The lowest BCUT2D eigenvalue weighted by atomic mass is 9.98. The normalized spacial score (nSPS) is 10.5. The van der Waals surface area contributed by atoms with E-state index in [1.165, 1.54) is 16.6 Å². The van der Waals surface area contributed by atoms with Crippen LogP contribution in [0.25, 0.3) is 22.4 Å². The van der Waals surface area contributed by atoms with Gasteiger partial charge in [0.05, 0.1) is 43.0 Å². The zero-order chi connectivity index (χ0) is 25.7. The van der Waals surface area contributed by atoms with Crippen molar-refractivity contribution in [1.82, 2.24) is 10.3 Å². The topological polar surface area (TPSA) is 108 Å². The lowest BCUT2D eigenvalue weighted by molar-refractivity contribution is -0.753. The lowest BCUT2D eigenvalue weighted by Gasteiger charge is -2.13. The van der Waals surface area contributed by atoms with Gasteiger partial charge in [-0.05, 0) is 42.8 Å². The average Bonchev–Trinajstić information content (AvgIpc) is 3.36. The number of carbonyl (C=O) groups excluding carboxylic acids is 1. The summed E-state index contributed by atoms with van der Waals surface area (Å²) in [5.41, 5.74) is 4.75. The summed E-state index contributed by atoms with van der Waals surface area (Å²) < 4.78 is 10.4. The smallest absolute Gasteiger partial charge is 0.305 e. The fourth-order valence-corrected chi connectivity index (χ4v) is 4.20. The van der Waals surface area contributed by atoms with Crippen molar-refractivity contribution in [2.24, 2.45) is 0 Å². The zero-order valence-electron chi connectivity index (χ0n) is 20.3. The van der Waals surface area contributed by atoms with Crippen molar-refractivity contribution in [3.8, 4) is 34.2 Å². The maximum Gasteiger partial charge on any atom is 0.305 e. The summed E-state index contributed by atoms with van der Waals surface area (Å²) in [5, 5.41) is 18.7. The Bertz CT molecular complexity index is 1410. The predicted octanol–water partition coefficient (Wildman–Crippen LogP) is 3.81. The third-order valence-electron chi connectivity index (χ3n) is 5.31. The van der Waals surface area contributed by atoms with E-state index in [4.69, 9.17) is 14.2 Å². The molecule has 1 amide bonds. The molecule has 182 valence electrons. The summed E-state index contributed by atoms with van der Waals surface area (Å²) in [6.45, 7) is 2.01. The molecule has 0 unspecified atom stereocenters. The number of nitrogens with zero attached hydrogens (tertiary/aromatic N) is 5. The van der Waals surface area contributed by atoms with Gasteiger partial charge in [0.2, 0.25) is 11.2 Å². The van der Waals surface area contributed by atoms with Gasteiger partial charge < -0.3 is 4.74 Å². The molecule has 2 aromatic carbocycles. The maximum atomic E-state index is 12.6. The van der Waals surface area contributed by atoms with Gasteiger partial charge in [-0.15, -0.1) is 0 Å².